The van der Waals surface area contributed by atoms with Gasteiger partial charge in [-0.3, -0.25) is 4.72 Å². The van der Waals surface area contributed by atoms with Crippen molar-refractivity contribution in [1.29, 1.82) is 0 Å². The van der Waals surface area contributed by atoms with Crippen LogP contribution in [0.1, 0.15) is 0 Å². The lowest BCUT2D eigenvalue weighted by Gasteiger charge is -2.13. The summed E-state index contributed by atoms with van der Waals surface area (Å²) in [6, 6.07) is 8.77. The van der Waals surface area contributed by atoms with Crippen LogP contribution < -0.4 is 19.5 Å². The van der Waals surface area contributed by atoms with Gasteiger partial charge in [-0.2, -0.15) is 12.7 Å². The smallest absolute Gasteiger partial charge is 0.301 e. The van der Waals surface area contributed by atoms with E-state index < -0.39 is 10.2 Å². The lowest BCUT2D eigenvalue weighted by atomic mass is 10.2. The molecule has 1 aliphatic rings. The quantitative estimate of drug-likeness (QED) is 0.864. The van der Waals surface area contributed by atoms with Gasteiger partial charge in [-0.1, -0.05) is 0 Å². The predicted octanol–water partition coefficient (Wildman–Crippen LogP) is 1.77. The van der Waals surface area contributed by atoms with Gasteiger partial charge in [0.15, 0.2) is 11.5 Å². The van der Waals surface area contributed by atoms with E-state index in [0.717, 1.165) is 9.99 Å². The highest BCUT2D eigenvalue weighted by Crippen LogP contribution is 2.34. The molecule has 2 N–H and O–H groups in total. The lowest BCUT2D eigenvalue weighted by Crippen LogP contribution is -2.28. The number of aromatic nitrogens is 1. The van der Waals surface area contributed by atoms with E-state index in [4.69, 9.17) is 9.47 Å². The molecule has 1 aromatic heterocycles. The zero-order valence-corrected chi connectivity index (χ0v) is 13.4. The largest absolute Gasteiger partial charge is 0.454 e. The van der Waals surface area contributed by atoms with Crippen molar-refractivity contribution >= 4 is 27.4 Å². The summed E-state index contributed by atoms with van der Waals surface area (Å²) in [4.78, 5) is 4.18. The maximum Gasteiger partial charge on any atom is 0.301 e. The molecule has 0 amide bonds. The highest BCUT2D eigenvalue weighted by atomic mass is 32.2. The normalized spacial score (nSPS) is 13.2. The number of pyridine rings is 1. The Balaban J connectivity index is 1.70. The Morgan fingerprint density at radius 3 is 2.52 bits per heavy atom. The Kier molecular flexibility index (Phi) is 3.97. The van der Waals surface area contributed by atoms with Gasteiger partial charge in [-0.05, 0) is 24.3 Å². The highest BCUT2D eigenvalue weighted by Gasteiger charge is 2.14. The van der Waals surface area contributed by atoms with Crippen molar-refractivity contribution in [3.8, 4) is 11.5 Å². The average molecular weight is 336 g/mol. The molecular weight excluding hydrogens is 320 g/mol. The molecule has 0 radical (unpaired) electrons. The molecule has 1 aliphatic heterocycles. The standard InChI is InChI=1S/C14H16N4O4S/c1-18(2)23(19,20)17-11-4-6-14(15-8-11)16-10-3-5-12-13(7-10)22-9-21-12/h3-8,17H,9H2,1-2H3,(H,15,16). The first-order chi connectivity index (χ1) is 10.9. The topological polar surface area (TPSA) is 92.8 Å². The predicted molar refractivity (Wildman–Crippen MR) is 86.3 cm³/mol. The first-order valence-corrected chi connectivity index (χ1v) is 8.21. The van der Waals surface area contributed by atoms with Crippen LogP contribution in [-0.2, 0) is 10.2 Å². The Hall–Kier alpha value is -2.52. The second-order valence-electron chi connectivity index (χ2n) is 5.01. The molecule has 1 aromatic carbocycles. The number of fused-ring (bicyclic) bond motifs is 1. The van der Waals surface area contributed by atoms with E-state index in [1.54, 1.807) is 12.1 Å². The van der Waals surface area contributed by atoms with Gasteiger partial charge in [0.25, 0.3) is 0 Å². The average Bonchev–Trinajstić information content (AvgIpc) is 2.96. The number of hydrogen-bond acceptors (Lipinski definition) is 6. The van der Waals surface area contributed by atoms with Crippen LogP contribution in [0.15, 0.2) is 36.5 Å². The zero-order chi connectivity index (χ0) is 16.4. The number of nitrogens with zero attached hydrogens (tertiary/aromatic N) is 2. The summed E-state index contributed by atoms with van der Waals surface area (Å²) in [6.45, 7) is 0.220. The number of benzene rings is 1. The van der Waals surface area contributed by atoms with E-state index >= 15 is 0 Å². The Morgan fingerprint density at radius 1 is 1.09 bits per heavy atom. The van der Waals surface area contributed by atoms with Gasteiger partial charge in [0.2, 0.25) is 6.79 Å². The van der Waals surface area contributed by atoms with Crippen molar-refractivity contribution in [1.82, 2.24) is 9.29 Å². The Labute approximate surface area is 134 Å². The van der Waals surface area contributed by atoms with Crippen molar-refractivity contribution in [2.45, 2.75) is 0 Å². The summed E-state index contributed by atoms with van der Waals surface area (Å²) in [5.41, 5.74) is 1.18. The Bertz CT molecular complexity index is 806. The summed E-state index contributed by atoms with van der Waals surface area (Å²) in [7, 11) is -0.638. The van der Waals surface area contributed by atoms with Crippen LogP contribution in [0.2, 0.25) is 0 Å². The maximum absolute atomic E-state index is 11.7. The van der Waals surface area contributed by atoms with E-state index in [1.165, 1.54) is 20.3 Å². The second kappa shape index (κ2) is 5.94. The molecule has 2 heterocycles. The lowest BCUT2D eigenvalue weighted by molar-refractivity contribution is 0.174. The maximum atomic E-state index is 11.7. The molecule has 0 aliphatic carbocycles. The summed E-state index contributed by atoms with van der Waals surface area (Å²) in [5, 5.41) is 3.11. The third-order valence-electron chi connectivity index (χ3n) is 3.14. The van der Waals surface area contributed by atoms with Crippen LogP contribution in [0.4, 0.5) is 17.2 Å². The zero-order valence-electron chi connectivity index (χ0n) is 12.6. The van der Waals surface area contributed by atoms with E-state index in [0.29, 0.717) is 23.0 Å². The molecule has 0 atom stereocenters. The van der Waals surface area contributed by atoms with Crippen molar-refractivity contribution in [2.75, 3.05) is 30.9 Å². The fourth-order valence-corrected chi connectivity index (χ4v) is 2.49. The fraction of sp³-hybridized carbons (Fsp3) is 0.214. The van der Waals surface area contributed by atoms with Crippen molar-refractivity contribution in [2.24, 2.45) is 0 Å². The van der Waals surface area contributed by atoms with Gasteiger partial charge in [-0.15, -0.1) is 0 Å². The van der Waals surface area contributed by atoms with Crippen LogP contribution >= 0.6 is 0 Å². The van der Waals surface area contributed by atoms with Gasteiger partial charge < -0.3 is 14.8 Å². The molecule has 0 unspecified atom stereocenters. The van der Waals surface area contributed by atoms with Crippen LogP contribution in [0.25, 0.3) is 0 Å². The molecule has 3 rings (SSSR count). The molecule has 0 saturated carbocycles. The fourth-order valence-electron chi connectivity index (χ4n) is 1.89. The highest BCUT2D eigenvalue weighted by molar-refractivity contribution is 7.90. The number of hydrogen-bond donors (Lipinski definition) is 2. The van der Waals surface area contributed by atoms with E-state index in [2.05, 4.69) is 15.0 Å². The van der Waals surface area contributed by atoms with E-state index in [1.807, 2.05) is 18.2 Å². The van der Waals surface area contributed by atoms with E-state index in [9.17, 15) is 8.42 Å². The number of anilines is 3. The SMILES string of the molecule is CN(C)S(=O)(=O)Nc1ccc(Nc2ccc3c(c2)OCO3)nc1. The van der Waals surface area contributed by atoms with Crippen molar-refractivity contribution in [3.63, 3.8) is 0 Å². The summed E-state index contributed by atoms with van der Waals surface area (Å²) in [5.74, 6) is 1.96. The van der Waals surface area contributed by atoms with Crippen LogP contribution in [0, 0.1) is 0 Å². The van der Waals surface area contributed by atoms with Gasteiger partial charge in [0.1, 0.15) is 5.82 Å². The molecular formula is C14H16N4O4S. The molecule has 0 saturated heterocycles. The van der Waals surface area contributed by atoms with Crippen molar-refractivity contribution < 1.29 is 17.9 Å². The molecule has 0 bridgehead atoms. The van der Waals surface area contributed by atoms with Gasteiger partial charge >= 0.3 is 10.2 Å². The molecule has 0 spiro atoms. The molecule has 122 valence electrons. The minimum absolute atomic E-state index is 0.220. The second-order valence-corrected chi connectivity index (χ2v) is 6.90. The molecule has 2 aromatic rings. The number of nitrogens with one attached hydrogen (secondary N) is 2. The van der Waals surface area contributed by atoms with Gasteiger partial charge in [0, 0.05) is 25.8 Å². The molecule has 0 fully saturated rings. The summed E-state index contributed by atoms with van der Waals surface area (Å²) >= 11 is 0. The van der Waals surface area contributed by atoms with Crippen LogP contribution in [0.5, 0.6) is 11.5 Å². The first kappa shape index (κ1) is 15.4. The third-order valence-corrected chi connectivity index (χ3v) is 4.59. The van der Waals surface area contributed by atoms with E-state index in [-0.39, 0.29) is 6.79 Å². The Morgan fingerprint density at radius 2 is 1.83 bits per heavy atom. The summed E-state index contributed by atoms with van der Waals surface area (Å²) in [6.07, 6.45) is 1.44. The van der Waals surface area contributed by atoms with Gasteiger partial charge in [-0.25, -0.2) is 4.98 Å². The first-order valence-electron chi connectivity index (χ1n) is 6.77. The minimum atomic E-state index is -3.54. The third kappa shape index (κ3) is 3.46. The van der Waals surface area contributed by atoms with Gasteiger partial charge in [0.05, 0.1) is 11.9 Å². The monoisotopic (exact) mass is 336 g/mol. The molecule has 9 heteroatoms. The minimum Gasteiger partial charge on any atom is -0.454 e. The van der Waals surface area contributed by atoms with Crippen LogP contribution in [0.3, 0.4) is 0 Å². The number of rotatable bonds is 5. The number of ether oxygens (including phenoxy) is 2. The summed E-state index contributed by atoms with van der Waals surface area (Å²) < 4.78 is 37.5. The molecule has 8 nitrogen and oxygen atoms in total. The van der Waals surface area contributed by atoms with Crippen molar-refractivity contribution in [3.05, 3.63) is 36.5 Å². The molecule has 23 heavy (non-hydrogen) atoms. The van der Waals surface area contributed by atoms with Crippen LogP contribution in [-0.4, -0.2) is 38.6 Å².